The molecule has 0 fully saturated rings. The van der Waals surface area contributed by atoms with Crippen molar-refractivity contribution in [1.82, 2.24) is 0 Å². The van der Waals surface area contributed by atoms with Crippen molar-refractivity contribution >= 4 is 21.9 Å². The lowest BCUT2D eigenvalue weighted by molar-refractivity contribution is 0.0733. The molecule has 0 N–H and O–H groups in total. The van der Waals surface area contributed by atoms with Crippen LogP contribution in [-0.2, 0) is 0 Å². The third-order valence-electron chi connectivity index (χ3n) is 2.54. The zero-order valence-electron chi connectivity index (χ0n) is 10.2. The van der Waals surface area contributed by atoms with E-state index in [-0.39, 0.29) is 0 Å². The van der Waals surface area contributed by atoms with E-state index in [1.54, 1.807) is 30.3 Å². The number of rotatable bonds is 2. The Bertz CT molecular complexity index is 657. The molecule has 0 aromatic heterocycles. The Labute approximate surface area is 119 Å². The minimum atomic E-state index is -0.450. The Morgan fingerprint density at radius 2 is 1.89 bits per heavy atom. The lowest BCUT2D eigenvalue weighted by atomic mass is 10.1. The molecule has 0 saturated carbocycles. The van der Waals surface area contributed by atoms with Crippen molar-refractivity contribution in [1.29, 1.82) is 5.26 Å². The van der Waals surface area contributed by atoms with E-state index in [0.717, 1.165) is 10.0 Å². The van der Waals surface area contributed by atoms with Crippen LogP contribution in [0.15, 0.2) is 46.9 Å². The molecule has 4 heteroatoms. The first-order valence-electron chi connectivity index (χ1n) is 5.58. The van der Waals surface area contributed by atoms with Gasteiger partial charge in [0.2, 0.25) is 0 Å². The Hall–Kier alpha value is -2.12. The molecule has 0 saturated heterocycles. The number of ether oxygens (including phenoxy) is 1. The standard InChI is InChI=1S/C15H10BrNO2/c1-10-2-7-14(13(16)8-10)19-15(18)12-5-3-11(9-17)4-6-12/h2-8H,1H3. The SMILES string of the molecule is Cc1ccc(OC(=O)c2ccc(C#N)cc2)c(Br)c1. The Kier molecular flexibility index (Phi) is 3.98. The summed E-state index contributed by atoms with van der Waals surface area (Å²) in [5.41, 5.74) is 1.99. The Morgan fingerprint density at radius 3 is 2.47 bits per heavy atom. The second-order valence-corrected chi connectivity index (χ2v) is 4.87. The highest BCUT2D eigenvalue weighted by molar-refractivity contribution is 9.10. The molecule has 0 aliphatic carbocycles. The van der Waals surface area contributed by atoms with E-state index in [9.17, 15) is 4.79 Å². The predicted molar refractivity (Wildman–Crippen MR) is 75.0 cm³/mol. The second-order valence-electron chi connectivity index (χ2n) is 4.01. The minimum Gasteiger partial charge on any atom is -0.422 e. The lowest BCUT2D eigenvalue weighted by Crippen LogP contribution is -2.08. The highest BCUT2D eigenvalue weighted by Crippen LogP contribution is 2.26. The summed E-state index contributed by atoms with van der Waals surface area (Å²) < 4.78 is 6.02. The molecule has 2 aromatic carbocycles. The van der Waals surface area contributed by atoms with Gasteiger partial charge in [0.05, 0.1) is 21.7 Å². The van der Waals surface area contributed by atoms with E-state index < -0.39 is 5.97 Å². The number of carbonyl (C=O) groups is 1. The van der Waals surface area contributed by atoms with E-state index in [1.165, 1.54) is 0 Å². The molecule has 0 aliphatic rings. The average Bonchev–Trinajstić information content (AvgIpc) is 2.42. The highest BCUT2D eigenvalue weighted by Gasteiger charge is 2.10. The van der Waals surface area contributed by atoms with Crippen LogP contribution in [0.3, 0.4) is 0 Å². The van der Waals surface area contributed by atoms with Gasteiger partial charge in [-0.15, -0.1) is 0 Å². The fourth-order valence-electron chi connectivity index (χ4n) is 1.53. The molecule has 0 spiro atoms. The molecule has 19 heavy (non-hydrogen) atoms. The van der Waals surface area contributed by atoms with Gasteiger partial charge in [-0.3, -0.25) is 0 Å². The highest BCUT2D eigenvalue weighted by atomic mass is 79.9. The van der Waals surface area contributed by atoms with E-state index >= 15 is 0 Å². The predicted octanol–water partition coefficient (Wildman–Crippen LogP) is 3.85. The van der Waals surface area contributed by atoms with Gasteiger partial charge in [0, 0.05) is 0 Å². The monoisotopic (exact) mass is 315 g/mol. The largest absolute Gasteiger partial charge is 0.422 e. The maximum absolute atomic E-state index is 11.9. The number of aryl methyl sites for hydroxylation is 1. The number of halogens is 1. The average molecular weight is 316 g/mol. The first-order chi connectivity index (χ1) is 9.10. The molecule has 0 unspecified atom stereocenters. The van der Waals surface area contributed by atoms with Gasteiger partial charge >= 0.3 is 5.97 Å². The van der Waals surface area contributed by atoms with Crippen LogP contribution in [0.4, 0.5) is 0 Å². The minimum absolute atomic E-state index is 0.409. The summed E-state index contributed by atoms with van der Waals surface area (Å²) in [6.07, 6.45) is 0. The van der Waals surface area contributed by atoms with Crippen molar-refractivity contribution in [3.8, 4) is 11.8 Å². The van der Waals surface area contributed by atoms with Crippen molar-refractivity contribution in [2.24, 2.45) is 0 Å². The van der Waals surface area contributed by atoms with Crippen LogP contribution in [-0.4, -0.2) is 5.97 Å². The zero-order chi connectivity index (χ0) is 13.8. The second kappa shape index (κ2) is 5.68. The Balaban J connectivity index is 2.18. The molecule has 94 valence electrons. The number of benzene rings is 2. The van der Waals surface area contributed by atoms with Crippen LogP contribution in [0.1, 0.15) is 21.5 Å². The van der Waals surface area contributed by atoms with Crippen molar-refractivity contribution in [2.45, 2.75) is 6.92 Å². The number of esters is 1. The topological polar surface area (TPSA) is 50.1 Å². The van der Waals surface area contributed by atoms with Crippen LogP contribution < -0.4 is 4.74 Å². The smallest absolute Gasteiger partial charge is 0.343 e. The molecular weight excluding hydrogens is 306 g/mol. The lowest BCUT2D eigenvalue weighted by Gasteiger charge is -2.07. The maximum Gasteiger partial charge on any atom is 0.343 e. The fraction of sp³-hybridized carbons (Fsp3) is 0.0667. The van der Waals surface area contributed by atoms with E-state index in [4.69, 9.17) is 10.00 Å². The normalized spacial score (nSPS) is 9.74. The molecule has 0 bridgehead atoms. The Morgan fingerprint density at radius 1 is 1.21 bits per heavy atom. The number of nitrogens with zero attached hydrogens (tertiary/aromatic N) is 1. The molecule has 3 nitrogen and oxygen atoms in total. The van der Waals surface area contributed by atoms with Gasteiger partial charge in [-0.05, 0) is 64.8 Å². The zero-order valence-corrected chi connectivity index (χ0v) is 11.8. The van der Waals surface area contributed by atoms with E-state index in [2.05, 4.69) is 15.9 Å². The molecular formula is C15H10BrNO2. The van der Waals surface area contributed by atoms with Gasteiger partial charge in [0.15, 0.2) is 0 Å². The van der Waals surface area contributed by atoms with Crippen LogP contribution in [0, 0.1) is 18.3 Å². The first kappa shape index (κ1) is 13.3. The molecule has 0 heterocycles. The molecule has 2 aromatic rings. The van der Waals surface area contributed by atoms with Crippen LogP contribution in [0.25, 0.3) is 0 Å². The van der Waals surface area contributed by atoms with E-state index in [1.807, 2.05) is 25.1 Å². The summed E-state index contributed by atoms with van der Waals surface area (Å²) >= 11 is 3.35. The van der Waals surface area contributed by atoms with Crippen molar-refractivity contribution in [3.63, 3.8) is 0 Å². The maximum atomic E-state index is 11.9. The van der Waals surface area contributed by atoms with Crippen molar-refractivity contribution < 1.29 is 9.53 Å². The third-order valence-corrected chi connectivity index (χ3v) is 3.16. The number of nitriles is 1. The summed E-state index contributed by atoms with van der Waals surface area (Å²) in [4.78, 5) is 11.9. The first-order valence-corrected chi connectivity index (χ1v) is 6.38. The van der Waals surface area contributed by atoms with Crippen LogP contribution in [0.2, 0.25) is 0 Å². The summed E-state index contributed by atoms with van der Waals surface area (Å²) in [6.45, 7) is 1.96. The summed E-state index contributed by atoms with van der Waals surface area (Å²) in [7, 11) is 0. The van der Waals surface area contributed by atoms with Crippen molar-refractivity contribution in [3.05, 3.63) is 63.6 Å². The van der Waals surface area contributed by atoms with Crippen LogP contribution >= 0.6 is 15.9 Å². The molecule has 0 amide bonds. The van der Waals surface area contributed by atoms with Gasteiger partial charge in [-0.1, -0.05) is 6.07 Å². The number of hydrogen-bond donors (Lipinski definition) is 0. The van der Waals surface area contributed by atoms with Crippen LogP contribution in [0.5, 0.6) is 5.75 Å². The fourth-order valence-corrected chi connectivity index (χ4v) is 2.10. The number of hydrogen-bond acceptors (Lipinski definition) is 3. The number of carbonyl (C=O) groups excluding carboxylic acids is 1. The van der Waals surface area contributed by atoms with Gasteiger partial charge < -0.3 is 4.74 Å². The molecule has 0 radical (unpaired) electrons. The van der Waals surface area contributed by atoms with Gasteiger partial charge in [-0.25, -0.2) is 4.79 Å². The molecule has 0 atom stereocenters. The van der Waals surface area contributed by atoms with E-state index in [0.29, 0.717) is 16.9 Å². The van der Waals surface area contributed by atoms with Gasteiger partial charge in [-0.2, -0.15) is 5.26 Å². The summed E-state index contributed by atoms with van der Waals surface area (Å²) in [6, 6.07) is 13.8. The van der Waals surface area contributed by atoms with Gasteiger partial charge in [0.1, 0.15) is 5.75 Å². The quantitative estimate of drug-likeness (QED) is 0.624. The molecule has 0 aliphatic heterocycles. The summed E-state index contributed by atoms with van der Waals surface area (Å²) in [5.74, 6) is 0.0222. The third kappa shape index (κ3) is 3.21. The summed E-state index contributed by atoms with van der Waals surface area (Å²) in [5, 5.41) is 8.69. The van der Waals surface area contributed by atoms with Gasteiger partial charge in [0.25, 0.3) is 0 Å². The van der Waals surface area contributed by atoms with Crippen molar-refractivity contribution in [2.75, 3.05) is 0 Å². The molecule has 2 rings (SSSR count).